The zero-order valence-electron chi connectivity index (χ0n) is 38.4. The van der Waals surface area contributed by atoms with E-state index in [-0.39, 0.29) is 0 Å². The molecule has 71 heavy (non-hydrogen) atoms. The quantitative estimate of drug-likeness (QED) is 0.164. The Labute approximate surface area is 407 Å². The number of aromatic nitrogens is 5. The van der Waals surface area contributed by atoms with Crippen LogP contribution in [0.2, 0.25) is 0 Å². The highest BCUT2D eigenvalue weighted by Crippen LogP contribution is 2.45. The minimum atomic E-state index is 1.09. The first-order valence-electron chi connectivity index (χ1n) is 24.4. The van der Waals surface area contributed by atoms with Crippen molar-refractivity contribution in [1.29, 1.82) is 0 Å². The van der Waals surface area contributed by atoms with E-state index in [0.717, 1.165) is 39.5 Å². The number of hydrogen-bond donors (Lipinski definition) is 0. The largest absolute Gasteiger partial charge is 0.309 e. The van der Waals surface area contributed by atoms with Gasteiger partial charge in [0.2, 0.25) is 0 Å². The average Bonchev–Trinajstić information content (AvgIpc) is 4.23. The number of hydrogen-bond acceptors (Lipinski definition) is 0. The summed E-state index contributed by atoms with van der Waals surface area (Å²) in [5.41, 5.74) is 17.4. The molecule has 330 valence electrons. The van der Waals surface area contributed by atoms with Crippen molar-refractivity contribution in [2.24, 2.45) is 0 Å². The van der Waals surface area contributed by atoms with E-state index in [1.165, 1.54) is 98.0 Å². The summed E-state index contributed by atoms with van der Waals surface area (Å²) in [6.45, 7) is 0. The molecule has 0 aliphatic rings. The van der Waals surface area contributed by atoms with Crippen LogP contribution in [0.3, 0.4) is 0 Å². The predicted molar refractivity (Wildman–Crippen MR) is 298 cm³/mol. The van der Waals surface area contributed by atoms with Crippen LogP contribution in [0.5, 0.6) is 0 Å². The van der Waals surface area contributed by atoms with E-state index in [9.17, 15) is 0 Å². The molecule has 0 bridgehead atoms. The summed E-state index contributed by atoms with van der Waals surface area (Å²) < 4.78 is 12.4. The maximum atomic E-state index is 2.50. The monoisotopic (exact) mass is 903 g/mol. The summed E-state index contributed by atoms with van der Waals surface area (Å²) in [6, 6.07) is 91.6. The van der Waals surface area contributed by atoms with Crippen LogP contribution in [-0.2, 0) is 0 Å². The highest BCUT2D eigenvalue weighted by Gasteiger charge is 2.25. The summed E-state index contributed by atoms with van der Waals surface area (Å²) >= 11 is 0. The second-order valence-electron chi connectivity index (χ2n) is 18.9. The van der Waals surface area contributed by atoms with Crippen molar-refractivity contribution in [3.05, 3.63) is 249 Å². The van der Waals surface area contributed by atoms with Gasteiger partial charge in [0, 0.05) is 76.6 Å². The summed E-state index contributed by atoms with van der Waals surface area (Å²) in [7, 11) is 0. The summed E-state index contributed by atoms with van der Waals surface area (Å²) in [5, 5.41) is 12.3. The molecule has 11 aromatic carbocycles. The van der Waals surface area contributed by atoms with Gasteiger partial charge >= 0.3 is 0 Å². The minimum Gasteiger partial charge on any atom is -0.309 e. The fraction of sp³-hybridized carbons (Fsp3) is 0. The van der Waals surface area contributed by atoms with Gasteiger partial charge in [-0.05, 0) is 91.0 Å². The van der Waals surface area contributed by atoms with Gasteiger partial charge < -0.3 is 22.8 Å². The first-order valence-corrected chi connectivity index (χ1v) is 24.4. The van der Waals surface area contributed by atoms with Crippen molar-refractivity contribution in [2.75, 3.05) is 0 Å². The van der Waals surface area contributed by atoms with Gasteiger partial charge in [0.1, 0.15) is 0 Å². The molecule has 0 fully saturated rings. The first kappa shape index (κ1) is 38.4. The second kappa shape index (κ2) is 14.5. The molecular weight excluding hydrogens is 863 g/mol. The summed E-state index contributed by atoms with van der Waals surface area (Å²) in [5.74, 6) is 0. The van der Waals surface area contributed by atoms with Crippen LogP contribution in [0, 0.1) is 0 Å². The number of rotatable bonds is 5. The van der Waals surface area contributed by atoms with E-state index >= 15 is 0 Å². The molecule has 0 amide bonds. The molecule has 5 aromatic heterocycles. The molecule has 0 aliphatic heterocycles. The third kappa shape index (κ3) is 5.24. The lowest BCUT2D eigenvalue weighted by Gasteiger charge is -2.18. The maximum absolute atomic E-state index is 2.50. The molecule has 0 unspecified atom stereocenters. The topological polar surface area (TPSA) is 24.6 Å². The van der Waals surface area contributed by atoms with Gasteiger partial charge in [-0.3, -0.25) is 0 Å². The molecule has 0 atom stereocenters. The Kier molecular flexibility index (Phi) is 7.82. The van der Waals surface area contributed by atoms with Gasteiger partial charge in [-0.2, -0.15) is 0 Å². The maximum Gasteiger partial charge on any atom is 0.0788 e. The lowest BCUT2D eigenvalue weighted by Crippen LogP contribution is -2.03. The lowest BCUT2D eigenvalue weighted by molar-refractivity contribution is 1.11. The smallest absolute Gasteiger partial charge is 0.0788 e. The fourth-order valence-electron chi connectivity index (χ4n) is 12.4. The highest BCUT2D eigenvalue weighted by molar-refractivity contribution is 6.24. The van der Waals surface area contributed by atoms with E-state index in [2.05, 4.69) is 272 Å². The molecule has 0 saturated heterocycles. The normalized spacial score (nSPS) is 12.2. The van der Waals surface area contributed by atoms with Crippen LogP contribution in [0.25, 0.3) is 137 Å². The number of benzene rings is 11. The minimum absolute atomic E-state index is 1.09. The Hall–Kier alpha value is -9.58. The number of para-hydroxylation sites is 8. The van der Waals surface area contributed by atoms with Crippen molar-refractivity contribution < 1.29 is 0 Å². The van der Waals surface area contributed by atoms with Crippen LogP contribution in [-0.4, -0.2) is 22.8 Å². The van der Waals surface area contributed by atoms with Gasteiger partial charge in [-0.1, -0.05) is 158 Å². The number of nitrogens with zero attached hydrogens (tertiary/aromatic N) is 5. The fourth-order valence-corrected chi connectivity index (χ4v) is 12.4. The van der Waals surface area contributed by atoms with Crippen LogP contribution in [0.1, 0.15) is 0 Å². The molecule has 0 N–H and O–H groups in total. The predicted octanol–water partition coefficient (Wildman–Crippen LogP) is 17.2. The molecule has 0 aliphatic carbocycles. The van der Waals surface area contributed by atoms with Gasteiger partial charge in [0.05, 0.1) is 60.9 Å². The van der Waals surface area contributed by atoms with Crippen LogP contribution >= 0.6 is 0 Å². The molecule has 16 rings (SSSR count). The van der Waals surface area contributed by atoms with E-state index in [1.807, 2.05) is 0 Å². The SMILES string of the molecule is c1ccc(-n2c3ccccc3c3ccc4c5ccccc5n(-c5ccc(-n6c7ccccc7c7cc(-n8c9ccccc9c9ccccc98)cc(-n8c9ccccc9c9ccccc98)c76)cc5)c4c32)cc1. The molecule has 5 heterocycles. The van der Waals surface area contributed by atoms with Gasteiger partial charge in [-0.25, -0.2) is 0 Å². The highest BCUT2D eigenvalue weighted by atomic mass is 15.1. The van der Waals surface area contributed by atoms with E-state index in [4.69, 9.17) is 0 Å². The van der Waals surface area contributed by atoms with Gasteiger partial charge in [-0.15, -0.1) is 0 Å². The first-order chi connectivity index (χ1) is 35.3. The standard InChI is InChI=1S/C66H41N5/c1-2-18-42(19-3-1)69-58-29-13-8-24-50(58)53-38-39-54-51-25-9-14-30-59(51)70(66(54)65(53)69)44-36-34-43(35-37-44)68-60-31-15-10-26-52(60)55-40-45(67-56-27-11-4-20-46(56)47-21-5-12-28-57(47)67)41-63(64(55)68)71-61-32-16-6-22-48(61)49-23-7-17-33-62(49)71/h1-41H. The average molecular weight is 904 g/mol. The van der Waals surface area contributed by atoms with Crippen LogP contribution in [0.4, 0.5) is 0 Å². The van der Waals surface area contributed by atoms with Gasteiger partial charge in [0.25, 0.3) is 0 Å². The van der Waals surface area contributed by atoms with Crippen LogP contribution in [0.15, 0.2) is 249 Å². The zero-order valence-corrected chi connectivity index (χ0v) is 38.4. The summed E-state index contributed by atoms with van der Waals surface area (Å²) in [4.78, 5) is 0. The molecule has 16 aromatic rings. The molecule has 5 heteroatoms. The van der Waals surface area contributed by atoms with E-state index in [0.29, 0.717) is 0 Å². The molecular formula is C66H41N5. The zero-order chi connectivity index (χ0) is 46.3. The number of fused-ring (bicyclic) bond motifs is 16. The lowest BCUT2D eigenvalue weighted by atomic mass is 10.1. The van der Waals surface area contributed by atoms with Crippen molar-refractivity contribution >= 4 is 109 Å². The molecule has 0 saturated carbocycles. The molecule has 5 nitrogen and oxygen atoms in total. The van der Waals surface area contributed by atoms with Crippen molar-refractivity contribution in [3.63, 3.8) is 0 Å². The molecule has 0 radical (unpaired) electrons. The van der Waals surface area contributed by atoms with Crippen molar-refractivity contribution in [3.8, 4) is 28.4 Å². The van der Waals surface area contributed by atoms with Crippen molar-refractivity contribution in [2.45, 2.75) is 0 Å². The Morgan fingerprint density at radius 1 is 0.169 bits per heavy atom. The Balaban J connectivity index is 0.997. The third-order valence-electron chi connectivity index (χ3n) is 15.2. The van der Waals surface area contributed by atoms with E-state index < -0.39 is 0 Å². The van der Waals surface area contributed by atoms with E-state index in [1.54, 1.807) is 0 Å². The Morgan fingerprint density at radius 2 is 0.465 bits per heavy atom. The third-order valence-corrected chi connectivity index (χ3v) is 15.2. The summed E-state index contributed by atoms with van der Waals surface area (Å²) in [6.07, 6.45) is 0. The second-order valence-corrected chi connectivity index (χ2v) is 18.9. The molecule has 0 spiro atoms. The van der Waals surface area contributed by atoms with Gasteiger partial charge in [0.15, 0.2) is 0 Å². The Bertz CT molecular complexity index is 4750. The Morgan fingerprint density at radius 3 is 0.873 bits per heavy atom. The van der Waals surface area contributed by atoms with Crippen molar-refractivity contribution in [1.82, 2.24) is 22.8 Å². The van der Waals surface area contributed by atoms with Crippen LogP contribution < -0.4 is 0 Å².